The predicted molar refractivity (Wildman–Crippen MR) is 90.0 cm³/mol. The number of benzene rings is 1. The number of hydrogen-bond donors (Lipinski definition) is 1. The topological polar surface area (TPSA) is 15.3 Å². The number of nitrogens with zero attached hydrogens (tertiary/aromatic N) is 1. The Hall–Kier alpha value is -0.450. The number of nitrogens with one attached hydrogen (secondary N) is 1. The van der Waals surface area contributed by atoms with Crippen molar-refractivity contribution in [2.75, 3.05) is 26.2 Å². The van der Waals surface area contributed by atoms with Gasteiger partial charge in [0.2, 0.25) is 0 Å². The maximum Gasteiger partial charge on any atom is 0.128 e. The minimum absolute atomic E-state index is 0.103. The molecule has 1 aromatic rings. The normalized spacial score (nSPS) is 20.7. The number of rotatable bonds is 6. The van der Waals surface area contributed by atoms with E-state index in [1.807, 2.05) is 6.07 Å². The Kier molecular flexibility index (Phi) is 6.65. The van der Waals surface area contributed by atoms with Gasteiger partial charge in [0.05, 0.1) is 0 Å². The Bertz CT molecular complexity index is 446. The lowest BCUT2D eigenvalue weighted by Crippen LogP contribution is -2.39. The van der Waals surface area contributed by atoms with E-state index in [4.69, 9.17) is 0 Å². The molecule has 1 aromatic carbocycles. The van der Waals surface area contributed by atoms with E-state index in [1.54, 1.807) is 12.1 Å². The van der Waals surface area contributed by atoms with Crippen LogP contribution in [0.5, 0.6) is 0 Å². The van der Waals surface area contributed by atoms with Gasteiger partial charge in [-0.05, 0) is 69.9 Å². The van der Waals surface area contributed by atoms with Crippen LogP contribution < -0.4 is 5.32 Å². The molecule has 2 rings (SSSR count). The van der Waals surface area contributed by atoms with E-state index in [2.05, 4.69) is 40.0 Å². The van der Waals surface area contributed by atoms with Crippen molar-refractivity contribution in [1.82, 2.24) is 10.2 Å². The fraction of sp³-hybridized carbons (Fsp3) is 0.647. The van der Waals surface area contributed by atoms with Crippen molar-refractivity contribution in [2.24, 2.45) is 5.92 Å². The first kappa shape index (κ1) is 16.9. The quantitative estimate of drug-likeness (QED) is 0.814. The summed E-state index contributed by atoms with van der Waals surface area (Å²) in [6.45, 7) is 8.61. The van der Waals surface area contributed by atoms with Gasteiger partial charge in [0, 0.05) is 22.6 Å². The molecule has 1 aliphatic rings. The van der Waals surface area contributed by atoms with Gasteiger partial charge in [0.15, 0.2) is 0 Å². The summed E-state index contributed by atoms with van der Waals surface area (Å²) >= 11 is 3.46. The van der Waals surface area contributed by atoms with Crippen molar-refractivity contribution in [2.45, 2.75) is 39.2 Å². The second-order valence-corrected chi connectivity index (χ2v) is 6.96. The minimum Gasteiger partial charge on any atom is -0.316 e. The van der Waals surface area contributed by atoms with Gasteiger partial charge in [0.25, 0.3) is 0 Å². The predicted octanol–water partition coefficient (Wildman–Crippen LogP) is 4.36. The lowest BCUT2D eigenvalue weighted by molar-refractivity contribution is 0.160. The number of piperidine rings is 1. The van der Waals surface area contributed by atoms with Crippen molar-refractivity contribution in [3.63, 3.8) is 0 Å². The van der Waals surface area contributed by atoms with E-state index in [1.165, 1.54) is 12.8 Å². The molecule has 2 nitrogen and oxygen atoms in total. The maximum absolute atomic E-state index is 14.1. The molecule has 0 spiro atoms. The summed E-state index contributed by atoms with van der Waals surface area (Å²) in [6.07, 6.45) is 3.63. The Balaban J connectivity index is 2.10. The van der Waals surface area contributed by atoms with E-state index in [-0.39, 0.29) is 11.9 Å². The molecule has 4 heteroatoms. The highest BCUT2D eigenvalue weighted by Gasteiger charge is 2.23. The molecule has 0 radical (unpaired) electrons. The fourth-order valence-corrected chi connectivity index (χ4v) is 3.55. The van der Waals surface area contributed by atoms with Gasteiger partial charge >= 0.3 is 0 Å². The van der Waals surface area contributed by atoms with Gasteiger partial charge in [-0.2, -0.15) is 0 Å². The zero-order valence-electron chi connectivity index (χ0n) is 13.0. The third-order valence-corrected chi connectivity index (χ3v) is 4.85. The molecule has 1 heterocycles. The van der Waals surface area contributed by atoms with Crippen molar-refractivity contribution >= 4 is 15.9 Å². The third kappa shape index (κ3) is 4.76. The van der Waals surface area contributed by atoms with Gasteiger partial charge in [-0.1, -0.05) is 22.9 Å². The molecule has 21 heavy (non-hydrogen) atoms. The second-order valence-electron chi connectivity index (χ2n) is 6.05. The first-order valence-corrected chi connectivity index (χ1v) is 8.80. The van der Waals surface area contributed by atoms with Crippen LogP contribution in [0.3, 0.4) is 0 Å². The highest BCUT2D eigenvalue weighted by molar-refractivity contribution is 9.10. The first-order valence-electron chi connectivity index (χ1n) is 8.01. The molecule has 0 aromatic heterocycles. The highest BCUT2D eigenvalue weighted by Crippen LogP contribution is 2.27. The van der Waals surface area contributed by atoms with E-state index in [9.17, 15) is 4.39 Å². The van der Waals surface area contributed by atoms with E-state index in [0.717, 1.165) is 42.6 Å². The van der Waals surface area contributed by atoms with Crippen molar-refractivity contribution < 1.29 is 4.39 Å². The van der Waals surface area contributed by atoms with Crippen molar-refractivity contribution in [3.05, 3.63) is 34.1 Å². The number of hydrogen-bond acceptors (Lipinski definition) is 2. The highest BCUT2D eigenvalue weighted by atomic mass is 79.9. The summed E-state index contributed by atoms with van der Waals surface area (Å²) in [7, 11) is 0. The average molecular weight is 357 g/mol. The fourth-order valence-electron chi connectivity index (χ4n) is 3.17. The zero-order valence-corrected chi connectivity index (χ0v) is 14.6. The zero-order chi connectivity index (χ0) is 15.2. The average Bonchev–Trinajstić information content (AvgIpc) is 2.49. The van der Waals surface area contributed by atoms with Crippen LogP contribution in [0.2, 0.25) is 0 Å². The Labute approximate surface area is 136 Å². The van der Waals surface area contributed by atoms with Gasteiger partial charge in [-0.15, -0.1) is 0 Å². The Morgan fingerprint density at radius 2 is 2.29 bits per heavy atom. The monoisotopic (exact) mass is 356 g/mol. The minimum atomic E-state index is -0.103. The van der Waals surface area contributed by atoms with Gasteiger partial charge in [-0.3, -0.25) is 4.90 Å². The van der Waals surface area contributed by atoms with E-state index < -0.39 is 0 Å². The lowest BCUT2D eigenvalue weighted by atomic mass is 9.97. The van der Waals surface area contributed by atoms with Crippen LogP contribution in [0, 0.1) is 11.7 Å². The molecule has 0 aliphatic carbocycles. The molecule has 118 valence electrons. The molecular formula is C17H26BrFN2. The Morgan fingerprint density at radius 3 is 2.95 bits per heavy atom. The SMILES string of the molecule is CCCN(CC1CCCNC1)C(C)c1cc(Br)ccc1F. The van der Waals surface area contributed by atoms with Gasteiger partial charge < -0.3 is 5.32 Å². The summed E-state index contributed by atoms with van der Waals surface area (Å²) in [4.78, 5) is 2.43. The molecule has 1 fully saturated rings. The van der Waals surface area contributed by atoms with Crippen LogP contribution in [0.4, 0.5) is 4.39 Å². The molecule has 0 bridgehead atoms. The molecule has 2 unspecified atom stereocenters. The van der Waals surface area contributed by atoms with Crippen LogP contribution in [0.25, 0.3) is 0 Å². The number of halogens is 2. The molecule has 1 N–H and O–H groups in total. The van der Waals surface area contributed by atoms with Gasteiger partial charge in [-0.25, -0.2) is 4.39 Å². The second kappa shape index (κ2) is 8.25. The summed E-state index contributed by atoms with van der Waals surface area (Å²) in [6, 6.07) is 5.36. The van der Waals surface area contributed by atoms with Crippen molar-refractivity contribution in [1.29, 1.82) is 0 Å². The van der Waals surface area contributed by atoms with Crippen LogP contribution in [-0.4, -0.2) is 31.1 Å². The smallest absolute Gasteiger partial charge is 0.128 e. The molecule has 1 saturated heterocycles. The van der Waals surface area contributed by atoms with Crippen LogP contribution in [0.15, 0.2) is 22.7 Å². The Morgan fingerprint density at radius 1 is 1.48 bits per heavy atom. The third-order valence-electron chi connectivity index (χ3n) is 4.36. The van der Waals surface area contributed by atoms with Crippen LogP contribution >= 0.6 is 15.9 Å². The first-order chi connectivity index (χ1) is 10.1. The molecule has 1 aliphatic heterocycles. The molecular weight excluding hydrogens is 331 g/mol. The summed E-state index contributed by atoms with van der Waals surface area (Å²) < 4.78 is 15.1. The molecule has 0 amide bonds. The maximum atomic E-state index is 14.1. The van der Waals surface area contributed by atoms with Crippen molar-refractivity contribution in [3.8, 4) is 0 Å². The standard InChI is InChI=1S/C17H26BrFN2/c1-3-9-21(12-14-5-4-8-20-11-14)13(2)16-10-15(18)6-7-17(16)19/h6-7,10,13-14,20H,3-5,8-9,11-12H2,1-2H3. The largest absolute Gasteiger partial charge is 0.316 e. The van der Waals surface area contributed by atoms with Gasteiger partial charge in [0.1, 0.15) is 5.82 Å². The lowest BCUT2D eigenvalue weighted by Gasteiger charge is -2.34. The summed E-state index contributed by atoms with van der Waals surface area (Å²) in [5.41, 5.74) is 0.793. The summed E-state index contributed by atoms with van der Waals surface area (Å²) in [5, 5.41) is 3.47. The summed E-state index contributed by atoms with van der Waals surface area (Å²) in [5.74, 6) is 0.580. The van der Waals surface area contributed by atoms with Crippen LogP contribution in [-0.2, 0) is 0 Å². The van der Waals surface area contributed by atoms with E-state index in [0.29, 0.717) is 5.92 Å². The van der Waals surface area contributed by atoms with E-state index >= 15 is 0 Å². The molecule has 0 saturated carbocycles. The van der Waals surface area contributed by atoms with Crippen LogP contribution in [0.1, 0.15) is 44.7 Å². The molecule has 2 atom stereocenters.